The Balaban J connectivity index is 2.34. The highest BCUT2D eigenvalue weighted by Crippen LogP contribution is 2.37. The Kier molecular flexibility index (Phi) is 6.51. The summed E-state index contributed by atoms with van der Waals surface area (Å²) in [5, 5.41) is 0. The van der Waals surface area contributed by atoms with Gasteiger partial charge in [0.2, 0.25) is 0 Å². The molecule has 0 aromatic rings. The molecule has 0 spiro atoms. The van der Waals surface area contributed by atoms with E-state index in [1.165, 1.54) is 49.4 Å². The second-order valence-electron chi connectivity index (χ2n) is 4.87. The van der Waals surface area contributed by atoms with Crippen LogP contribution in [0, 0.1) is 5.92 Å². The molecule has 1 saturated carbocycles. The first-order valence-corrected chi connectivity index (χ1v) is 7.99. The molecule has 0 bridgehead atoms. The van der Waals surface area contributed by atoms with Crippen LogP contribution in [0.3, 0.4) is 0 Å². The maximum atomic E-state index is 6.15. The molecule has 0 aromatic carbocycles. The van der Waals surface area contributed by atoms with Crippen molar-refractivity contribution in [1.82, 2.24) is 0 Å². The maximum Gasteiger partial charge on any atom is 0.0771 e. The molecule has 0 aromatic heterocycles. The summed E-state index contributed by atoms with van der Waals surface area (Å²) in [5.41, 5.74) is 0.237. The van der Waals surface area contributed by atoms with Crippen LogP contribution in [-0.4, -0.2) is 16.6 Å². The maximum absolute atomic E-state index is 6.15. The van der Waals surface area contributed by atoms with Crippen molar-refractivity contribution in [2.75, 3.05) is 11.0 Å². The van der Waals surface area contributed by atoms with Crippen LogP contribution in [0.25, 0.3) is 0 Å². The van der Waals surface area contributed by atoms with E-state index in [1.54, 1.807) is 0 Å². The van der Waals surface area contributed by atoms with E-state index in [0.29, 0.717) is 0 Å². The van der Waals surface area contributed by atoms with E-state index in [4.69, 9.17) is 4.74 Å². The Morgan fingerprint density at radius 2 is 1.93 bits per heavy atom. The molecule has 0 N–H and O–H groups in total. The Hall–Kier alpha value is 0.690. The van der Waals surface area contributed by atoms with Gasteiger partial charge in [0, 0.05) is 11.0 Å². The van der Waals surface area contributed by atoms with Crippen LogP contribution < -0.4 is 0 Å². The zero-order valence-corrected chi connectivity index (χ0v) is 12.4. The van der Waals surface area contributed by atoms with Gasteiger partial charge in [0.15, 0.2) is 0 Å². The average Bonchev–Trinajstić information content (AvgIpc) is 2.30. The van der Waals surface area contributed by atoms with Crippen molar-refractivity contribution in [3.8, 4) is 0 Å². The fraction of sp³-hybridized carbons (Fsp3) is 1.00. The summed E-state index contributed by atoms with van der Waals surface area (Å²) < 4.78 is 7.32. The van der Waals surface area contributed by atoms with Crippen molar-refractivity contribution in [3.63, 3.8) is 0 Å². The molecule has 15 heavy (non-hydrogen) atoms. The molecule has 2 heteroatoms. The van der Waals surface area contributed by atoms with Gasteiger partial charge in [0.25, 0.3) is 0 Å². The van der Waals surface area contributed by atoms with Gasteiger partial charge in [-0.2, -0.15) is 0 Å². The number of halogens is 1. The summed E-state index contributed by atoms with van der Waals surface area (Å²) in [7, 11) is 0. The largest absolute Gasteiger partial charge is 0.374 e. The van der Waals surface area contributed by atoms with Crippen LogP contribution in [-0.2, 0) is 4.74 Å². The Labute approximate surface area is 108 Å². The van der Waals surface area contributed by atoms with Gasteiger partial charge in [0.05, 0.1) is 5.60 Å². The molecule has 0 radical (unpaired) electrons. The highest BCUT2D eigenvalue weighted by molar-refractivity contribution is 14.1. The molecule has 1 rings (SSSR count). The molecule has 0 unspecified atom stereocenters. The van der Waals surface area contributed by atoms with Gasteiger partial charge in [-0.1, -0.05) is 49.3 Å². The molecular weight excluding hydrogens is 299 g/mol. The predicted molar refractivity (Wildman–Crippen MR) is 74.7 cm³/mol. The molecule has 1 aliphatic carbocycles. The van der Waals surface area contributed by atoms with E-state index >= 15 is 0 Å². The van der Waals surface area contributed by atoms with Gasteiger partial charge in [-0.15, -0.1) is 0 Å². The summed E-state index contributed by atoms with van der Waals surface area (Å²) >= 11 is 2.51. The molecule has 0 amide bonds. The van der Waals surface area contributed by atoms with Crippen molar-refractivity contribution in [2.24, 2.45) is 5.92 Å². The third-order valence-corrected chi connectivity index (χ3v) is 5.13. The molecule has 0 aliphatic heterocycles. The van der Waals surface area contributed by atoms with Gasteiger partial charge in [-0.3, -0.25) is 0 Å². The van der Waals surface area contributed by atoms with Crippen LogP contribution in [0.15, 0.2) is 0 Å². The Morgan fingerprint density at radius 1 is 1.27 bits per heavy atom. The zero-order valence-electron chi connectivity index (χ0n) is 10.2. The number of alkyl halides is 1. The van der Waals surface area contributed by atoms with E-state index in [-0.39, 0.29) is 5.60 Å². The first-order chi connectivity index (χ1) is 7.26. The second-order valence-corrected chi connectivity index (χ2v) is 5.63. The number of ether oxygens (including phenoxy) is 1. The van der Waals surface area contributed by atoms with E-state index in [2.05, 4.69) is 36.4 Å². The standard InChI is InChI=1S/C13H25IO/c1-3-5-10-15-13(11-14)8-6-12(4-2)7-9-13/h12H,3-11H2,1-2H3. The van der Waals surface area contributed by atoms with Crippen molar-refractivity contribution < 1.29 is 4.74 Å². The third kappa shape index (κ3) is 4.22. The first kappa shape index (κ1) is 13.8. The Bertz CT molecular complexity index is 156. The fourth-order valence-electron chi connectivity index (χ4n) is 2.36. The number of unbranched alkanes of at least 4 members (excludes halogenated alkanes) is 1. The zero-order chi connectivity index (χ0) is 11.1. The lowest BCUT2D eigenvalue weighted by Gasteiger charge is -2.39. The van der Waals surface area contributed by atoms with Crippen molar-refractivity contribution >= 4 is 22.6 Å². The summed E-state index contributed by atoms with van der Waals surface area (Å²) in [5.74, 6) is 0.968. The summed E-state index contributed by atoms with van der Waals surface area (Å²) in [6.07, 6.45) is 9.16. The Morgan fingerprint density at radius 3 is 2.40 bits per heavy atom. The molecular formula is C13H25IO. The predicted octanol–water partition coefficient (Wildman–Crippen LogP) is 4.58. The van der Waals surface area contributed by atoms with Crippen LogP contribution >= 0.6 is 22.6 Å². The average molecular weight is 324 g/mol. The quantitative estimate of drug-likeness (QED) is 0.395. The molecule has 0 heterocycles. The second kappa shape index (κ2) is 7.10. The van der Waals surface area contributed by atoms with Crippen LogP contribution in [0.1, 0.15) is 58.8 Å². The molecule has 0 atom stereocenters. The van der Waals surface area contributed by atoms with Gasteiger partial charge >= 0.3 is 0 Å². The van der Waals surface area contributed by atoms with Gasteiger partial charge < -0.3 is 4.74 Å². The first-order valence-electron chi connectivity index (χ1n) is 6.46. The lowest BCUT2D eigenvalue weighted by molar-refractivity contribution is -0.0598. The van der Waals surface area contributed by atoms with E-state index < -0.39 is 0 Å². The monoisotopic (exact) mass is 324 g/mol. The van der Waals surface area contributed by atoms with Gasteiger partial charge in [-0.05, 0) is 38.0 Å². The highest BCUT2D eigenvalue weighted by Gasteiger charge is 2.34. The van der Waals surface area contributed by atoms with Crippen molar-refractivity contribution in [3.05, 3.63) is 0 Å². The van der Waals surface area contributed by atoms with Crippen LogP contribution in [0.4, 0.5) is 0 Å². The molecule has 1 fully saturated rings. The fourth-order valence-corrected chi connectivity index (χ4v) is 3.34. The minimum absolute atomic E-state index is 0.237. The molecule has 1 aliphatic rings. The smallest absolute Gasteiger partial charge is 0.0771 e. The van der Waals surface area contributed by atoms with Gasteiger partial charge in [0.1, 0.15) is 0 Å². The van der Waals surface area contributed by atoms with E-state index in [1.807, 2.05) is 0 Å². The van der Waals surface area contributed by atoms with Crippen LogP contribution in [0.2, 0.25) is 0 Å². The van der Waals surface area contributed by atoms with Crippen molar-refractivity contribution in [1.29, 1.82) is 0 Å². The number of hydrogen-bond donors (Lipinski definition) is 0. The number of hydrogen-bond acceptors (Lipinski definition) is 1. The highest BCUT2D eigenvalue weighted by atomic mass is 127. The molecule has 90 valence electrons. The molecule has 0 saturated heterocycles. The third-order valence-electron chi connectivity index (χ3n) is 3.74. The lowest BCUT2D eigenvalue weighted by atomic mass is 9.79. The van der Waals surface area contributed by atoms with Crippen molar-refractivity contribution in [2.45, 2.75) is 64.4 Å². The van der Waals surface area contributed by atoms with E-state index in [0.717, 1.165) is 12.5 Å². The lowest BCUT2D eigenvalue weighted by Crippen LogP contribution is -2.39. The summed E-state index contributed by atoms with van der Waals surface area (Å²) in [6.45, 7) is 5.52. The van der Waals surface area contributed by atoms with Crippen LogP contribution in [0.5, 0.6) is 0 Å². The summed E-state index contributed by atoms with van der Waals surface area (Å²) in [6, 6.07) is 0. The minimum atomic E-state index is 0.237. The topological polar surface area (TPSA) is 9.23 Å². The van der Waals surface area contributed by atoms with E-state index in [9.17, 15) is 0 Å². The normalized spacial score (nSPS) is 31.8. The molecule has 1 nitrogen and oxygen atoms in total. The minimum Gasteiger partial charge on any atom is -0.374 e. The number of rotatable bonds is 6. The summed E-state index contributed by atoms with van der Waals surface area (Å²) in [4.78, 5) is 0. The van der Waals surface area contributed by atoms with Gasteiger partial charge in [-0.25, -0.2) is 0 Å². The SMILES string of the molecule is CCCCOC1(CI)CCC(CC)CC1.